The van der Waals surface area contributed by atoms with Crippen molar-refractivity contribution in [2.24, 2.45) is 11.7 Å². The van der Waals surface area contributed by atoms with Crippen LogP contribution in [0.3, 0.4) is 0 Å². The van der Waals surface area contributed by atoms with Gasteiger partial charge in [-0.1, -0.05) is 6.07 Å². The van der Waals surface area contributed by atoms with E-state index in [1.165, 1.54) is 6.07 Å². The lowest BCUT2D eigenvalue weighted by molar-refractivity contribution is 0.00290. The topological polar surface area (TPSA) is 78.3 Å². The van der Waals surface area contributed by atoms with Gasteiger partial charge in [0.25, 0.3) is 5.91 Å². The third kappa shape index (κ3) is 3.13. The molecule has 0 bridgehead atoms. The highest BCUT2D eigenvalue weighted by atomic mass is 19.3. The van der Waals surface area contributed by atoms with E-state index in [4.69, 9.17) is 16.2 Å². The van der Waals surface area contributed by atoms with Crippen LogP contribution in [0.5, 0.6) is 5.75 Å². The second-order valence-corrected chi connectivity index (χ2v) is 4.86. The number of hydrogen-bond donors (Lipinski definition) is 2. The Labute approximate surface area is 109 Å². The van der Waals surface area contributed by atoms with Crippen LogP contribution in [0.4, 0.5) is 14.5 Å². The van der Waals surface area contributed by atoms with E-state index in [0.29, 0.717) is 6.42 Å². The number of nitrogen functional groups attached to an aromatic ring is 1. The molecule has 0 radical (unpaired) electrons. The first-order valence-electron chi connectivity index (χ1n) is 6.08. The number of anilines is 1. The van der Waals surface area contributed by atoms with Crippen molar-refractivity contribution in [3.05, 3.63) is 23.8 Å². The van der Waals surface area contributed by atoms with E-state index in [1.54, 1.807) is 12.1 Å². The molecule has 4 nitrogen and oxygen atoms in total. The van der Waals surface area contributed by atoms with Crippen molar-refractivity contribution in [1.82, 2.24) is 0 Å². The maximum absolute atomic E-state index is 13.1. The van der Waals surface area contributed by atoms with E-state index in [9.17, 15) is 13.6 Å². The predicted molar refractivity (Wildman–Crippen MR) is 67.2 cm³/mol. The summed E-state index contributed by atoms with van der Waals surface area (Å²) in [6, 6.07) is 4.66. The summed E-state index contributed by atoms with van der Waals surface area (Å²) in [5.41, 5.74) is 11.4. The highest BCUT2D eigenvalue weighted by Crippen LogP contribution is 2.39. The highest BCUT2D eigenvalue weighted by Gasteiger charge is 2.39. The molecule has 1 aliphatic carbocycles. The molecular weight excluding hydrogens is 254 g/mol. The molecule has 2 rings (SSSR count). The number of carbonyl (C=O) groups is 1. The average molecular weight is 270 g/mol. The zero-order valence-electron chi connectivity index (χ0n) is 10.4. The fourth-order valence-electron chi connectivity index (χ4n) is 2.30. The third-order valence-electron chi connectivity index (χ3n) is 3.28. The van der Waals surface area contributed by atoms with Gasteiger partial charge >= 0.3 is 0 Å². The van der Waals surface area contributed by atoms with Gasteiger partial charge in [0.15, 0.2) is 5.75 Å². The normalized spacial score (nSPS) is 21.3. The third-order valence-corrected chi connectivity index (χ3v) is 3.28. The summed E-state index contributed by atoms with van der Waals surface area (Å²) in [6.45, 7) is 0.115. The Hall–Kier alpha value is -1.85. The summed E-state index contributed by atoms with van der Waals surface area (Å²) in [5.74, 6) is -3.30. The molecular formula is C13H16F2N2O2. The standard InChI is InChI=1S/C13H16F2N2O2/c14-13(15)5-4-8(6-13)7-19-11-9(12(17)18)2-1-3-10(11)16/h1-3,8H,4-7,16H2,(H2,17,18). The van der Waals surface area contributed by atoms with Gasteiger partial charge < -0.3 is 16.2 Å². The van der Waals surface area contributed by atoms with Crippen LogP contribution in [-0.4, -0.2) is 18.4 Å². The van der Waals surface area contributed by atoms with Crippen LogP contribution in [0.2, 0.25) is 0 Å². The number of carbonyl (C=O) groups excluding carboxylic acids is 1. The van der Waals surface area contributed by atoms with Crippen LogP contribution < -0.4 is 16.2 Å². The molecule has 0 spiro atoms. The lowest BCUT2D eigenvalue weighted by Crippen LogP contribution is -2.17. The van der Waals surface area contributed by atoms with Gasteiger partial charge in [0.2, 0.25) is 5.92 Å². The molecule has 6 heteroatoms. The molecule has 104 valence electrons. The lowest BCUT2D eigenvalue weighted by Gasteiger charge is -2.15. The molecule has 0 aromatic heterocycles. The van der Waals surface area contributed by atoms with Crippen LogP contribution in [0.15, 0.2) is 18.2 Å². The molecule has 19 heavy (non-hydrogen) atoms. The van der Waals surface area contributed by atoms with E-state index in [1.807, 2.05) is 0 Å². The Morgan fingerprint density at radius 3 is 2.79 bits per heavy atom. The van der Waals surface area contributed by atoms with Gasteiger partial charge in [0.1, 0.15) is 0 Å². The number of hydrogen-bond acceptors (Lipinski definition) is 3. The van der Waals surface area contributed by atoms with Gasteiger partial charge in [-0.25, -0.2) is 8.78 Å². The van der Waals surface area contributed by atoms with Gasteiger partial charge in [-0.3, -0.25) is 4.79 Å². The minimum Gasteiger partial charge on any atom is -0.490 e. The van der Waals surface area contributed by atoms with Crippen molar-refractivity contribution in [3.63, 3.8) is 0 Å². The number of nitrogens with two attached hydrogens (primary N) is 2. The number of rotatable bonds is 4. The second-order valence-electron chi connectivity index (χ2n) is 4.86. The number of benzene rings is 1. The average Bonchev–Trinajstić information content (AvgIpc) is 2.67. The maximum atomic E-state index is 13.1. The van der Waals surface area contributed by atoms with Crippen molar-refractivity contribution < 1.29 is 18.3 Å². The molecule has 1 amide bonds. The van der Waals surface area contributed by atoms with Gasteiger partial charge in [0.05, 0.1) is 17.9 Å². The fraction of sp³-hybridized carbons (Fsp3) is 0.462. The number of alkyl halides is 2. The zero-order valence-corrected chi connectivity index (χ0v) is 10.4. The summed E-state index contributed by atoms with van der Waals surface area (Å²) >= 11 is 0. The summed E-state index contributed by atoms with van der Waals surface area (Å²) in [6.07, 6.45) is 0.102. The van der Waals surface area contributed by atoms with E-state index in [-0.39, 0.29) is 42.4 Å². The lowest BCUT2D eigenvalue weighted by atomic mass is 10.1. The highest BCUT2D eigenvalue weighted by molar-refractivity contribution is 5.97. The second kappa shape index (κ2) is 5.03. The van der Waals surface area contributed by atoms with Crippen LogP contribution in [0, 0.1) is 5.92 Å². The minimum atomic E-state index is -2.61. The molecule has 0 aliphatic heterocycles. The number of para-hydroxylation sites is 1. The largest absolute Gasteiger partial charge is 0.490 e. The SMILES string of the molecule is NC(=O)c1cccc(N)c1OCC1CCC(F)(F)C1. The number of amides is 1. The maximum Gasteiger partial charge on any atom is 0.252 e. The summed E-state index contributed by atoms with van der Waals surface area (Å²) in [4.78, 5) is 11.2. The molecule has 1 aliphatic rings. The smallest absolute Gasteiger partial charge is 0.252 e. The van der Waals surface area contributed by atoms with Crippen molar-refractivity contribution >= 4 is 11.6 Å². The van der Waals surface area contributed by atoms with Crippen molar-refractivity contribution in [1.29, 1.82) is 0 Å². The van der Waals surface area contributed by atoms with E-state index >= 15 is 0 Å². The number of ether oxygens (including phenoxy) is 1. The van der Waals surface area contributed by atoms with E-state index in [2.05, 4.69) is 0 Å². The molecule has 4 N–H and O–H groups in total. The number of primary amides is 1. The quantitative estimate of drug-likeness (QED) is 0.823. The Kier molecular flexibility index (Phi) is 3.59. The number of halogens is 2. The minimum absolute atomic E-state index is 0.115. The first kappa shape index (κ1) is 13.6. The molecule has 0 saturated heterocycles. The Morgan fingerprint density at radius 2 is 2.21 bits per heavy atom. The van der Waals surface area contributed by atoms with Crippen LogP contribution in [0.25, 0.3) is 0 Å². The van der Waals surface area contributed by atoms with Gasteiger partial charge in [0, 0.05) is 12.8 Å². The monoisotopic (exact) mass is 270 g/mol. The first-order valence-corrected chi connectivity index (χ1v) is 6.08. The van der Waals surface area contributed by atoms with Crippen LogP contribution in [0.1, 0.15) is 29.6 Å². The van der Waals surface area contributed by atoms with Gasteiger partial charge in [-0.15, -0.1) is 0 Å². The van der Waals surface area contributed by atoms with Crippen molar-refractivity contribution in [2.45, 2.75) is 25.2 Å². The Balaban J connectivity index is 2.06. The van der Waals surface area contributed by atoms with E-state index in [0.717, 1.165) is 0 Å². The first-order chi connectivity index (χ1) is 8.89. The van der Waals surface area contributed by atoms with Crippen LogP contribution >= 0.6 is 0 Å². The Bertz CT molecular complexity index is 492. The summed E-state index contributed by atoms with van der Waals surface area (Å²) < 4.78 is 31.6. The zero-order chi connectivity index (χ0) is 14.0. The van der Waals surface area contributed by atoms with Gasteiger partial charge in [-0.2, -0.15) is 0 Å². The molecule has 1 aromatic carbocycles. The molecule has 1 aromatic rings. The molecule has 1 atom stereocenters. The van der Waals surface area contributed by atoms with Gasteiger partial charge in [-0.05, 0) is 24.5 Å². The van der Waals surface area contributed by atoms with Crippen LogP contribution in [-0.2, 0) is 0 Å². The predicted octanol–water partition coefficient (Wildman–Crippen LogP) is 2.18. The summed E-state index contributed by atoms with van der Waals surface area (Å²) in [7, 11) is 0. The molecule has 1 fully saturated rings. The molecule has 0 heterocycles. The van der Waals surface area contributed by atoms with Crippen molar-refractivity contribution in [2.75, 3.05) is 12.3 Å². The molecule has 1 unspecified atom stereocenters. The molecule has 1 saturated carbocycles. The Morgan fingerprint density at radius 1 is 1.47 bits per heavy atom. The summed E-state index contributed by atoms with van der Waals surface area (Å²) in [5, 5.41) is 0. The van der Waals surface area contributed by atoms with E-state index < -0.39 is 11.8 Å². The fourth-order valence-corrected chi connectivity index (χ4v) is 2.30. The van der Waals surface area contributed by atoms with Crippen molar-refractivity contribution in [3.8, 4) is 5.75 Å².